The number of carbonyl (C=O) groups excluding carboxylic acids is 1. The van der Waals surface area contributed by atoms with Crippen LogP contribution >= 0.6 is 0 Å². The molecular weight excluding hydrogens is 192 g/mol. The zero-order chi connectivity index (χ0) is 10.7. The van der Waals surface area contributed by atoms with Gasteiger partial charge in [0, 0.05) is 5.56 Å². The summed E-state index contributed by atoms with van der Waals surface area (Å²) in [4.78, 5) is 11.1. The van der Waals surface area contributed by atoms with Crippen LogP contribution in [-0.2, 0) is 9.47 Å². The third-order valence-corrected chi connectivity index (χ3v) is 2.50. The molecule has 1 fully saturated rings. The summed E-state index contributed by atoms with van der Waals surface area (Å²) in [6.07, 6.45) is 0.0137. The minimum Gasteiger partial charge on any atom is -0.376 e. The van der Waals surface area contributed by atoms with Gasteiger partial charge in [0.1, 0.15) is 6.10 Å². The van der Waals surface area contributed by atoms with Gasteiger partial charge in [0.05, 0.1) is 19.8 Å². The second-order valence-electron chi connectivity index (χ2n) is 3.61. The molecule has 15 heavy (non-hydrogen) atoms. The van der Waals surface area contributed by atoms with Crippen molar-refractivity contribution in [1.29, 1.82) is 0 Å². The molecule has 1 atom stereocenters. The quantitative estimate of drug-likeness (QED) is 0.694. The van der Waals surface area contributed by atoms with Crippen molar-refractivity contribution in [2.45, 2.75) is 13.0 Å². The zero-order valence-electron chi connectivity index (χ0n) is 8.73. The van der Waals surface area contributed by atoms with Gasteiger partial charge >= 0.3 is 0 Å². The smallest absolute Gasteiger partial charge is 0.159 e. The van der Waals surface area contributed by atoms with Gasteiger partial charge in [-0.15, -0.1) is 0 Å². The van der Waals surface area contributed by atoms with Gasteiger partial charge in [-0.25, -0.2) is 0 Å². The van der Waals surface area contributed by atoms with Crippen molar-refractivity contribution in [1.82, 2.24) is 0 Å². The van der Waals surface area contributed by atoms with E-state index >= 15 is 0 Å². The lowest BCUT2D eigenvalue weighted by atomic mass is 10.1. The molecule has 1 aromatic rings. The van der Waals surface area contributed by atoms with Crippen LogP contribution in [0.1, 0.15) is 28.9 Å². The second kappa shape index (κ2) is 4.55. The fourth-order valence-electron chi connectivity index (χ4n) is 1.61. The van der Waals surface area contributed by atoms with Crippen molar-refractivity contribution in [2.24, 2.45) is 0 Å². The summed E-state index contributed by atoms with van der Waals surface area (Å²) >= 11 is 0. The standard InChI is InChI=1S/C12H14O3/c1-9(13)10-2-4-11(5-3-10)12-8-14-6-7-15-12/h2-5,12H,6-8H2,1H3/t12-/m1/s1. The molecule has 1 aliphatic heterocycles. The Morgan fingerprint density at radius 2 is 2.00 bits per heavy atom. The van der Waals surface area contributed by atoms with Crippen molar-refractivity contribution in [2.75, 3.05) is 19.8 Å². The number of rotatable bonds is 2. The number of benzene rings is 1. The van der Waals surface area contributed by atoms with E-state index in [0.29, 0.717) is 19.8 Å². The van der Waals surface area contributed by atoms with E-state index in [4.69, 9.17) is 9.47 Å². The molecule has 0 aromatic heterocycles. The van der Waals surface area contributed by atoms with Gasteiger partial charge in [0.25, 0.3) is 0 Å². The van der Waals surface area contributed by atoms with Crippen LogP contribution < -0.4 is 0 Å². The maximum Gasteiger partial charge on any atom is 0.159 e. The van der Waals surface area contributed by atoms with Gasteiger partial charge in [-0.05, 0) is 12.5 Å². The summed E-state index contributed by atoms with van der Waals surface area (Å²) in [5.74, 6) is 0.0855. The predicted molar refractivity (Wildman–Crippen MR) is 56.0 cm³/mol. The fraction of sp³-hybridized carbons (Fsp3) is 0.417. The Balaban J connectivity index is 2.11. The van der Waals surface area contributed by atoms with Crippen LogP contribution in [0.4, 0.5) is 0 Å². The second-order valence-corrected chi connectivity index (χ2v) is 3.61. The van der Waals surface area contributed by atoms with Crippen LogP contribution in [0.5, 0.6) is 0 Å². The predicted octanol–water partition coefficient (Wildman–Crippen LogP) is 1.98. The Hall–Kier alpha value is -1.19. The molecule has 0 unspecified atom stereocenters. The van der Waals surface area contributed by atoms with Gasteiger partial charge in [-0.2, -0.15) is 0 Å². The third kappa shape index (κ3) is 2.43. The summed E-state index contributed by atoms with van der Waals surface area (Å²) in [5.41, 5.74) is 1.80. The first kappa shape index (κ1) is 10.3. The SMILES string of the molecule is CC(=O)c1ccc([C@H]2COCCO2)cc1. The lowest BCUT2D eigenvalue weighted by Crippen LogP contribution is -2.21. The number of Topliss-reactive ketones (excluding diaryl/α,β-unsaturated/α-hetero) is 1. The van der Waals surface area contributed by atoms with E-state index in [1.54, 1.807) is 6.92 Å². The maximum atomic E-state index is 11.1. The van der Waals surface area contributed by atoms with E-state index in [1.807, 2.05) is 24.3 Å². The molecule has 80 valence electrons. The van der Waals surface area contributed by atoms with Gasteiger partial charge in [-0.3, -0.25) is 4.79 Å². The number of hydrogen-bond acceptors (Lipinski definition) is 3. The van der Waals surface area contributed by atoms with E-state index in [9.17, 15) is 4.79 Å². The average Bonchev–Trinajstić information content (AvgIpc) is 2.30. The summed E-state index contributed by atoms with van der Waals surface area (Å²) in [6, 6.07) is 7.51. The first-order chi connectivity index (χ1) is 7.27. The Kier molecular flexibility index (Phi) is 3.14. The van der Waals surface area contributed by atoms with E-state index in [2.05, 4.69) is 0 Å². The molecule has 0 amide bonds. The van der Waals surface area contributed by atoms with Crippen molar-refractivity contribution >= 4 is 5.78 Å². The third-order valence-electron chi connectivity index (χ3n) is 2.50. The van der Waals surface area contributed by atoms with Crippen LogP contribution in [0, 0.1) is 0 Å². The fourth-order valence-corrected chi connectivity index (χ4v) is 1.61. The van der Waals surface area contributed by atoms with E-state index in [1.165, 1.54) is 0 Å². The van der Waals surface area contributed by atoms with Gasteiger partial charge in [-0.1, -0.05) is 24.3 Å². The van der Waals surface area contributed by atoms with Crippen molar-refractivity contribution in [3.63, 3.8) is 0 Å². The molecule has 1 aromatic carbocycles. The molecule has 1 heterocycles. The molecule has 1 aliphatic rings. The molecule has 1 saturated heterocycles. The van der Waals surface area contributed by atoms with E-state index < -0.39 is 0 Å². The lowest BCUT2D eigenvalue weighted by molar-refractivity contribution is -0.0901. The Morgan fingerprint density at radius 1 is 1.27 bits per heavy atom. The Morgan fingerprint density at radius 3 is 2.53 bits per heavy atom. The summed E-state index contributed by atoms with van der Waals surface area (Å²) in [6.45, 7) is 3.47. The molecule has 3 heteroatoms. The van der Waals surface area contributed by atoms with E-state index in [-0.39, 0.29) is 11.9 Å². The van der Waals surface area contributed by atoms with Crippen LogP contribution in [-0.4, -0.2) is 25.6 Å². The first-order valence-corrected chi connectivity index (χ1v) is 5.07. The highest BCUT2D eigenvalue weighted by molar-refractivity contribution is 5.94. The summed E-state index contributed by atoms with van der Waals surface area (Å²) < 4.78 is 10.9. The summed E-state index contributed by atoms with van der Waals surface area (Å²) in [7, 11) is 0. The summed E-state index contributed by atoms with van der Waals surface area (Å²) in [5, 5.41) is 0. The largest absolute Gasteiger partial charge is 0.376 e. The molecule has 3 nitrogen and oxygen atoms in total. The minimum atomic E-state index is 0.0137. The number of ether oxygens (including phenoxy) is 2. The molecule has 0 N–H and O–H groups in total. The van der Waals surface area contributed by atoms with Crippen molar-refractivity contribution < 1.29 is 14.3 Å². The highest BCUT2D eigenvalue weighted by Gasteiger charge is 2.16. The number of ketones is 1. The van der Waals surface area contributed by atoms with Crippen LogP contribution in [0.25, 0.3) is 0 Å². The highest BCUT2D eigenvalue weighted by Crippen LogP contribution is 2.20. The molecule has 0 radical (unpaired) electrons. The van der Waals surface area contributed by atoms with Crippen molar-refractivity contribution in [3.05, 3.63) is 35.4 Å². The first-order valence-electron chi connectivity index (χ1n) is 5.07. The maximum absolute atomic E-state index is 11.1. The molecule has 0 spiro atoms. The highest BCUT2D eigenvalue weighted by atomic mass is 16.6. The van der Waals surface area contributed by atoms with E-state index in [0.717, 1.165) is 11.1 Å². The van der Waals surface area contributed by atoms with Crippen LogP contribution in [0.2, 0.25) is 0 Å². The molecule has 0 aliphatic carbocycles. The average molecular weight is 206 g/mol. The van der Waals surface area contributed by atoms with Gasteiger partial charge < -0.3 is 9.47 Å². The number of carbonyl (C=O) groups is 1. The number of hydrogen-bond donors (Lipinski definition) is 0. The normalized spacial score (nSPS) is 21.3. The molecule has 2 rings (SSSR count). The monoisotopic (exact) mass is 206 g/mol. The van der Waals surface area contributed by atoms with Crippen molar-refractivity contribution in [3.8, 4) is 0 Å². The molecular formula is C12H14O3. The zero-order valence-corrected chi connectivity index (χ0v) is 8.73. The van der Waals surface area contributed by atoms with Gasteiger partial charge in [0.2, 0.25) is 0 Å². The topological polar surface area (TPSA) is 35.5 Å². The molecule has 0 saturated carbocycles. The van der Waals surface area contributed by atoms with Crippen LogP contribution in [0.3, 0.4) is 0 Å². The Labute approximate surface area is 89.0 Å². The van der Waals surface area contributed by atoms with Gasteiger partial charge in [0.15, 0.2) is 5.78 Å². The Bertz CT molecular complexity index is 336. The lowest BCUT2D eigenvalue weighted by Gasteiger charge is -2.23. The van der Waals surface area contributed by atoms with Crippen LogP contribution in [0.15, 0.2) is 24.3 Å². The minimum absolute atomic E-state index is 0.0137. The molecule has 0 bridgehead atoms.